The number of esters is 1. The van der Waals surface area contributed by atoms with E-state index in [-0.39, 0.29) is 6.54 Å². The minimum Gasteiger partial charge on any atom is -0.465 e. The van der Waals surface area contributed by atoms with Crippen molar-refractivity contribution in [1.82, 2.24) is 4.90 Å². The molecule has 1 aromatic rings. The first-order chi connectivity index (χ1) is 8.52. The van der Waals surface area contributed by atoms with Crippen LogP contribution in [0.4, 0.5) is 10.5 Å². The van der Waals surface area contributed by atoms with Crippen molar-refractivity contribution in [3.63, 3.8) is 0 Å². The second-order valence-electron chi connectivity index (χ2n) is 3.60. The molecule has 0 unspecified atom stereocenters. The molecule has 0 radical (unpaired) electrons. The molecule has 0 spiro atoms. The fourth-order valence-electron chi connectivity index (χ4n) is 1.26. The number of urea groups is 1. The smallest absolute Gasteiger partial charge is 0.325 e. The van der Waals surface area contributed by atoms with Gasteiger partial charge in [0.1, 0.15) is 6.54 Å². The van der Waals surface area contributed by atoms with Gasteiger partial charge in [0.05, 0.1) is 6.61 Å². The molecule has 0 atom stereocenters. The Hall–Kier alpha value is -1.75. The molecule has 0 aliphatic rings. The molecule has 0 saturated heterocycles. The molecule has 6 heteroatoms. The number of nitrogens with one attached hydrogen (secondary N) is 1. The zero-order valence-corrected chi connectivity index (χ0v) is 11.0. The number of halogens is 1. The molecule has 98 valence electrons. The summed E-state index contributed by atoms with van der Waals surface area (Å²) in [6.45, 7) is 1.91. The highest BCUT2D eigenvalue weighted by atomic mass is 35.5. The molecule has 1 aromatic carbocycles. The van der Waals surface area contributed by atoms with Crippen molar-refractivity contribution in [2.24, 2.45) is 0 Å². The molecule has 0 aromatic heterocycles. The number of benzene rings is 1. The number of carbonyl (C=O) groups is 2. The lowest BCUT2D eigenvalue weighted by molar-refractivity contribution is -0.143. The van der Waals surface area contributed by atoms with Gasteiger partial charge in [-0.3, -0.25) is 4.79 Å². The fourth-order valence-corrected chi connectivity index (χ4v) is 1.45. The molecular weight excluding hydrogens is 256 g/mol. The second-order valence-corrected chi connectivity index (χ2v) is 4.04. The van der Waals surface area contributed by atoms with Gasteiger partial charge in [-0.05, 0) is 25.1 Å². The zero-order chi connectivity index (χ0) is 13.5. The predicted octanol–water partition coefficient (Wildman–Crippen LogP) is 2.37. The van der Waals surface area contributed by atoms with Crippen LogP contribution in [-0.2, 0) is 9.53 Å². The maximum atomic E-state index is 11.7. The van der Waals surface area contributed by atoms with Crippen LogP contribution in [0.2, 0.25) is 5.02 Å². The van der Waals surface area contributed by atoms with Crippen molar-refractivity contribution in [3.05, 3.63) is 29.3 Å². The predicted molar refractivity (Wildman–Crippen MR) is 69.7 cm³/mol. The first kappa shape index (κ1) is 14.3. The molecule has 0 aliphatic carbocycles. The van der Waals surface area contributed by atoms with Crippen LogP contribution in [0, 0.1) is 0 Å². The average Bonchev–Trinajstić information content (AvgIpc) is 2.29. The fraction of sp³-hybridized carbons (Fsp3) is 0.333. The summed E-state index contributed by atoms with van der Waals surface area (Å²) in [5, 5.41) is 3.15. The molecule has 5 nitrogen and oxygen atoms in total. The Morgan fingerprint density at radius 2 is 2.17 bits per heavy atom. The summed E-state index contributed by atoms with van der Waals surface area (Å²) in [5.41, 5.74) is 0.572. The third kappa shape index (κ3) is 4.63. The summed E-state index contributed by atoms with van der Waals surface area (Å²) in [6.07, 6.45) is 0. The highest BCUT2D eigenvalue weighted by Crippen LogP contribution is 2.15. The summed E-state index contributed by atoms with van der Waals surface area (Å²) >= 11 is 5.79. The highest BCUT2D eigenvalue weighted by Gasteiger charge is 2.13. The minimum absolute atomic E-state index is 0.0970. The SMILES string of the molecule is CCOC(=O)CN(C)C(=O)Nc1cccc(Cl)c1. The molecule has 1 rings (SSSR count). The van der Waals surface area contributed by atoms with E-state index in [0.29, 0.717) is 17.3 Å². The van der Waals surface area contributed by atoms with E-state index in [4.69, 9.17) is 16.3 Å². The molecule has 18 heavy (non-hydrogen) atoms. The maximum Gasteiger partial charge on any atom is 0.325 e. The van der Waals surface area contributed by atoms with Crippen LogP contribution in [0.1, 0.15) is 6.92 Å². The van der Waals surface area contributed by atoms with E-state index in [2.05, 4.69) is 5.32 Å². The van der Waals surface area contributed by atoms with Crippen molar-refractivity contribution in [1.29, 1.82) is 0 Å². The van der Waals surface area contributed by atoms with Crippen molar-refractivity contribution in [2.75, 3.05) is 25.5 Å². The van der Waals surface area contributed by atoms with Gasteiger partial charge in [0.25, 0.3) is 0 Å². The van der Waals surface area contributed by atoms with Gasteiger partial charge in [-0.15, -0.1) is 0 Å². The first-order valence-electron chi connectivity index (χ1n) is 5.46. The van der Waals surface area contributed by atoms with E-state index in [9.17, 15) is 9.59 Å². The van der Waals surface area contributed by atoms with Crippen LogP contribution in [0.15, 0.2) is 24.3 Å². The average molecular weight is 271 g/mol. The van der Waals surface area contributed by atoms with E-state index < -0.39 is 12.0 Å². The third-order valence-corrected chi connectivity index (χ3v) is 2.33. The highest BCUT2D eigenvalue weighted by molar-refractivity contribution is 6.30. The molecule has 0 fully saturated rings. The number of carbonyl (C=O) groups excluding carboxylic acids is 2. The summed E-state index contributed by atoms with van der Waals surface area (Å²) in [4.78, 5) is 24.2. The number of hydrogen-bond acceptors (Lipinski definition) is 3. The van der Waals surface area contributed by atoms with E-state index in [0.717, 1.165) is 0 Å². The lowest BCUT2D eigenvalue weighted by atomic mass is 10.3. The maximum absolute atomic E-state index is 11.7. The normalized spacial score (nSPS) is 9.72. The molecule has 1 N–H and O–H groups in total. The van der Waals surface area contributed by atoms with Gasteiger partial charge in [-0.1, -0.05) is 17.7 Å². The minimum atomic E-state index is -0.443. The Labute approximate surface area is 111 Å². The van der Waals surface area contributed by atoms with Gasteiger partial charge in [-0.25, -0.2) is 4.79 Å². The number of hydrogen-bond donors (Lipinski definition) is 1. The number of nitrogens with zero attached hydrogens (tertiary/aromatic N) is 1. The van der Waals surface area contributed by atoms with Gasteiger partial charge >= 0.3 is 12.0 Å². The van der Waals surface area contributed by atoms with Crippen LogP contribution in [0.25, 0.3) is 0 Å². The Morgan fingerprint density at radius 1 is 1.44 bits per heavy atom. The Kier molecular flexibility index (Phi) is 5.45. The molecule has 0 saturated carbocycles. The van der Waals surface area contributed by atoms with E-state index in [1.807, 2.05) is 0 Å². The number of amides is 2. The zero-order valence-electron chi connectivity index (χ0n) is 10.3. The van der Waals surface area contributed by atoms with E-state index in [1.54, 1.807) is 31.2 Å². The second kappa shape index (κ2) is 6.86. The van der Waals surface area contributed by atoms with Gasteiger partial charge in [0.15, 0.2) is 0 Å². The van der Waals surface area contributed by atoms with Crippen molar-refractivity contribution in [2.45, 2.75) is 6.92 Å². The summed E-state index contributed by atoms with van der Waals surface area (Å²) < 4.78 is 4.75. The monoisotopic (exact) mass is 270 g/mol. The summed E-state index contributed by atoms with van der Waals surface area (Å²) in [5.74, 6) is -0.443. The van der Waals surface area contributed by atoms with E-state index >= 15 is 0 Å². The Bertz CT molecular complexity index is 437. The van der Waals surface area contributed by atoms with Crippen LogP contribution < -0.4 is 5.32 Å². The third-order valence-electron chi connectivity index (χ3n) is 2.09. The Balaban J connectivity index is 2.52. The number of rotatable bonds is 4. The van der Waals surface area contributed by atoms with Crippen LogP contribution in [-0.4, -0.2) is 37.1 Å². The van der Waals surface area contributed by atoms with Gasteiger partial charge in [0, 0.05) is 17.8 Å². The number of likely N-dealkylation sites (N-methyl/N-ethyl adjacent to an activating group) is 1. The molecule has 0 bridgehead atoms. The van der Waals surface area contributed by atoms with Gasteiger partial charge < -0.3 is 15.0 Å². The van der Waals surface area contributed by atoms with Crippen LogP contribution in [0.3, 0.4) is 0 Å². The molecule has 0 aliphatic heterocycles. The van der Waals surface area contributed by atoms with Crippen molar-refractivity contribution >= 4 is 29.3 Å². The topological polar surface area (TPSA) is 58.6 Å². The Morgan fingerprint density at radius 3 is 2.78 bits per heavy atom. The van der Waals surface area contributed by atoms with Crippen molar-refractivity contribution in [3.8, 4) is 0 Å². The summed E-state index contributed by atoms with van der Waals surface area (Å²) in [6, 6.07) is 6.37. The van der Waals surface area contributed by atoms with Crippen molar-refractivity contribution < 1.29 is 14.3 Å². The lowest BCUT2D eigenvalue weighted by Gasteiger charge is -2.16. The molecular formula is C12H15ClN2O3. The molecule has 0 heterocycles. The first-order valence-corrected chi connectivity index (χ1v) is 5.84. The quantitative estimate of drug-likeness (QED) is 0.855. The standard InChI is InChI=1S/C12H15ClN2O3/c1-3-18-11(16)8-15(2)12(17)14-10-6-4-5-9(13)7-10/h4-7H,3,8H2,1-2H3,(H,14,17). The van der Waals surface area contributed by atoms with Gasteiger partial charge in [-0.2, -0.15) is 0 Å². The number of ether oxygens (including phenoxy) is 1. The van der Waals surface area contributed by atoms with Crippen LogP contribution in [0.5, 0.6) is 0 Å². The van der Waals surface area contributed by atoms with Gasteiger partial charge in [0.2, 0.25) is 0 Å². The number of anilines is 1. The summed E-state index contributed by atoms with van der Waals surface area (Å²) in [7, 11) is 1.51. The largest absolute Gasteiger partial charge is 0.465 e. The lowest BCUT2D eigenvalue weighted by Crippen LogP contribution is -2.36. The van der Waals surface area contributed by atoms with E-state index in [1.165, 1.54) is 11.9 Å². The molecule has 2 amide bonds. The van der Waals surface area contributed by atoms with Crippen LogP contribution >= 0.6 is 11.6 Å².